The summed E-state index contributed by atoms with van der Waals surface area (Å²) in [7, 11) is 5.06. The minimum Gasteiger partial charge on any atom is -0.459 e. The van der Waals surface area contributed by atoms with Crippen LogP contribution in [0.1, 0.15) is 51.3 Å². The number of cyclic esters (lactones) is 1. The lowest BCUT2D eigenvalue weighted by Crippen LogP contribution is -2.63. The molecule has 0 spiro atoms. The number of aliphatic hydroxyl groups is 3. The van der Waals surface area contributed by atoms with E-state index in [1.807, 2.05) is 48.7 Å². The van der Waals surface area contributed by atoms with Crippen molar-refractivity contribution >= 4 is 21.9 Å². The highest BCUT2D eigenvalue weighted by Crippen LogP contribution is 2.32. The van der Waals surface area contributed by atoms with Gasteiger partial charge in [-0.05, 0) is 76.4 Å². The van der Waals surface area contributed by atoms with E-state index in [4.69, 9.17) is 23.7 Å². The number of aliphatic hydroxyl groups excluding tert-OH is 3. The maximum atomic E-state index is 13.1. The van der Waals surface area contributed by atoms with Gasteiger partial charge in [0.05, 0.1) is 49.8 Å². The van der Waals surface area contributed by atoms with Gasteiger partial charge in [-0.1, -0.05) is 64.5 Å². The summed E-state index contributed by atoms with van der Waals surface area (Å²) < 4.78 is 33.1. The smallest absolute Gasteiger partial charge is 0.330 e. The van der Waals surface area contributed by atoms with E-state index in [1.54, 1.807) is 43.6 Å². The van der Waals surface area contributed by atoms with Crippen LogP contribution >= 0.6 is 15.9 Å². The molecule has 1 aromatic heterocycles. The van der Waals surface area contributed by atoms with Crippen LogP contribution in [0.25, 0.3) is 0 Å². The number of hydrogen-bond acceptors (Lipinski definition) is 12. The monoisotopic (exact) mass is 790 g/mol. The van der Waals surface area contributed by atoms with Crippen LogP contribution in [0.2, 0.25) is 0 Å². The summed E-state index contributed by atoms with van der Waals surface area (Å²) in [5, 5.41) is 40.6. The number of methoxy groups -OCH3 is 1. The SMILES string of the molecule is CO[C@H]1/C=C/C(=O)O[C@H](C)C[C@H](OCc2cn(Cc3ccc(Br)cc3)nn2)/C=C/C=C/[C@@H](C)CC(CCO)[C@@H]1O[C@@H]1O[C@H](C)[C@@H](O)[C@H](N(C)C)[C@H]1O. The third kappa shape index (κ3) is 12.4. The molecule has 14 heteroatoms. The fraction of sp³-hybridized carbons (Fsp3) is 0.605. The highest BCUT2D eigenvalue weighted by atomic mass is 79.9. The Hall–Kier alpha value is -2.79. The number of carbonyl (C=O) groups is 1. The Kier molecular flexibility index (Phi) is 16.6. The van der Waals surface area contributed by atoms with E-state index in [9.17, 15) is 20.1 Å². The topological polar surface area (TPSA) is 158 Å². The summed E-state index contributed by atoms with van der Waals surface area (Å²) in [5.74, 6) is -0.780. The van der Waals surface area contributed by atoms with Crippen LogP contribution in [-0.4, -0.2) is 124 Å². The summed E-state index contributed by atoms with van der Waals surface area (Å²) in [4.78, 5) is 14.8. The van der Waals surface area contributed by atoms with Crippen molar-refractivity contribution < 1.29 is 43.8 Å². The van der Waals surface area contributed by atoms with Crippen molar-refractivity contribution in [3.8, 4) is 0 Å². The van der Waals surface area contributed by atoms with E-state index in [2.05, 4.69) is 39.2 Å². The van der Waals surface area contributed by atoms with Crippen LogP contribution in [-0.2, 0) is 41.6 Å². The number of esters is 1. The highest BCUT2D eigenvalue weighted by molar-refractivity contribution is 9.10. The Labute approximate surface area is 315 Å². The van der Waals surface area contributed by atoms with E-state index in [0.29, 0.717) is 31.5 Å². The molecule has 0 radical (unpaired) electrons. The van der Waals surface area contributed by atoms with Crippen molar-refractivity contribution in [3.63, 3.8) is 0 Å². The number of aromatic nitrogens is 3. The van der Waals surface area contributed by atoms with Gasteiger partial charge in [0.1, 0.15) is 24.0 Å². The predicted molar refractivity (Wildman–Crippen MR) is 198 cm³/mol. The third-order valence-electron chi connectivity index (χ3n) is 9.40. The molecule has 0 saturated carbocycles. The molecule has 0 aliphatic carbocycles. The van der Waals surface area contributed by atoms with E-state index < -0.39 is 54.9 Å². The second kappa shape index (κ2) is 20.6. The van der Waals surface area contributed by atoms with Gasteiger partial charge in [0.15, 0.2) is 6.29 Å². The number of carbonyl (C=O) groups excluding carboxylic acids is 1. The Morgan fingerprint density at radius 1 is 1.04 bits per heavy atom. The Balaban J connectivity index is 1.51. The van der Waals surface area contributed by atoms with Gasteiger partial charge in [-0.25, -0.2) is 9.48 Å². The summed E-state index contributed by atoms with van der Waals surface area (Å²) in [6.07, 6.45) is 7.81. The van der Waals surface area contributed by atoms with E-state index >= 15 is 0 Å². The first-order chi connectivity index (χ1) is 24.9. The molecule has 288 valence electrons. The van der Waals surface area contributed by atoms with Crippen molar-refractivity contribution in [2.24, 2.45) is 11.8 Å². The maximum absolute atomic E-state index is 13.1. The maximum Gasteiger partial charge on any atom is 0.330 e. The number of hydrogen-bond donors (Lipinski definition) is 3. The Morgan fingerprint density at radius 2 is 1.77 bits per heavy atom. The minimum atomic E-state index is -1.18. The second-order valence-corrected chi connectivity index (χ2v) is 14.8. The first-order valence-corrected chi connectivity index (χ1v) is 18.6. The molecule has 0 bridgehead atoms. The van der Waals surface area contributed by atoms with E-state index in [1.165, 1.54) is 13.2 Å². The average molecular weight is 792 g/mol. The van der Waals surface area contributed by atoms with Crippen LogP contribution in [0.5, 0.6) is 0 Å². The van der Waals surface area contributed by atoms with Gasteiger partial charge < -0.3 is 43.9 Å². The molecule has 1 fully saturated rings. The zero-order chi connectivity index (χ0) is 37.8. The van der Waals surface area contributed by atoms with Crippen molar-refractivity contribution in [3.05, 3.63) is 82.6 Å². The molecule has 2 aromatic rings. The van der Waals surface area contributed by atoms with Crippen molar-refractivity contribution in [2.75, 3.05) is 27.8 Å². The summed E-state index contributed by atoms with van der Waals surface area (Å²) in [5.41, 5.74) is 1.78. The molecule has 0 amide bonds. The number of ether oxygens (including phenoxy) is 5. The zero-order valence-corrected chi connectivity index (χ0v) is 32.5. The lowest BCUT2D eigenvalue weighted by molar-refractivity contribution is -0.304. The predicted octanol–water partition coefficient (Wildman–Crippen LogP) is 3.80. The van der Waals surface area contributed by atoms with Gasteiger partial charge in [0, 0.05) is 30.7 Å². The molecule has 11 atom stereocenters. The first kappa shape index (κ1) is 42.0. The molecule has 1 unspecified atom stereocenters. The van der Waals surface area contributed by atoms with Gasteiger partial charge in [0.2, 0.25) is 0 Å². The normalized spacial score (nSPS) is 34.1. The van der Waals surface area contributed by atoms with Crippen LogP contribution in [0, 0.1) is 11.8 Å². The average Bonchev–Trinajstić information content (AvgIpc) is 3.54. The largest absolute Gasteiger partial charge is 0.459 e. The quantitative estimate of drug-likeness (QED) is 0.284. The zero-order valence-electron chi connectivity index (χ0n) is 30.9. The highest BCUT2D eigenvalue weighted by Gasteiger charge is 2.46. The molecule has 3 N–H and O–H groups in total. The first-order valence-electron chi connectivity index (χ1n) is 17.8. The molecule has 2 aliphatic heterocycles. The second-order valence-electron chi connectivity index (χ2n) is 13.9. The number of halogens is 1. The fourth-order valence-corrected chi connectivity index (χ4v) is 6.95. The standard InChI is InChI=1S/C38H55BrN4O9/c1-24-9-7-8-10-31(49-23-30-22-43(41-40-30)21-27-11-13-29(39)14-12-27)20-25(2)50-33(45)16-15-32(48-6)37(28(19-24)17-18-44)52-38-36(47)34(42(4)5)35(46)26(3)51-38/h7-16,22,24-26,28,31-32,34-38,44,46-47H,17-21,23H2,1-6H3/b9-7+,10-8+,16-15+/t24-,25-,26-,28?,31-,32+,34+,35-,36-,37+,38+/m1/s1. The number of likely N-dealkylation sites (N-methyl/N-ethyl adjacent to an activating group) is 1. The van der Waals surface area contributed by atoms with Crippen molar-refractivity contribution in [1.29, 1.82) is 0 Å². The number of rotatable bonds is 11. The molecule has 13 nitrogen and oxygen atoms in total. The summed E-state index contributed by atoms with van der Waals surface area (Å²) >= 11 is 3.46. The van der Waals surface area contributed by atoms with Gasteiger partial charge in [0.25, 0.3) is 0 Å². The molecule has 1 aromatic carbocycles. The van der Waals surface area contributed by atoms with Crippen LogP contribution in [0.4, 0.5) is 0 Å². The van der Waals surface area contributed by atoms with Crippen molar-refractivity contribution in [2.45, 2.75) is 108 Å². The van der Waals surface area contributed by atoms with E-state index in [0.717, 1.165) is 10.0 Å². The summed E-state index contributed by atoms with van der Waals surface area (Å²) in [6, 6.07) is 7.39. The lowest BCUT2D eigenvalue weighted by Gasteiger charge is -2.46. The van der Waals surface area contributed by atoms with Crippen LogP contribution < -0.4 is 0 Å². The van der Waals surface area contributed by atoms with Gasteiger partial charge in [-0.2, -0.15) is 0 Å². The number of allylic oxidation sites excluding steroid dienone is 3. The molecule has 1 saturated heterocycles. The Morgan fingerprint density at radius 3 is 2.46 bits per heavy atom. The van der Waals surface area contributed by atoms with Crippen molar-refractivity contribution in [1.82, 2.24) is 19.9 Å². The molecule has 3 heterocycles. The van der Waals surface area contributed by atoms with Gasteiger partial charge in [-0.3, -0.25) is 0 Å². The Bertz CT molecular complexity index is 1470. The lowest BCUT2D eigenvalue weighted by atomic mass is 9.85. The number of nitrogens with zero attached hydrogens (tertiary/aromatic N) is 4. The van der Waals surface area contributed by atoms with Gasteiger partial charge >= 0.3 is 5.97 Å². The number of benzene rings is 1. The van der Waals surface area contributed by atoms with Crippen LogP contribution in [0.15, 0.2) is 71.4 Å². The summed E-state index contributed by atoms with van der Waals surface area (Å²) in [6.45, 7) is 6.31. The fourth-order valence-electron chi connectivity index (χ4n) is 6.69. The molecular weight excluding hydrogens is 736 g/mol. The van der Waals surface area contributed by atoms with Crippen LogP contribution in [0.3, 0.4) is 0 Å². The van der Waals surface area contributed by atoms with E-state index in [-0.39, 0.29) is 31.2 Å². The molecule has 2 aliphatic rings. The molecule has 52 heavy (non-hydrogen) atoms. The third-order valence-corrected chi connectivity index (χ3v) is 9.93. The molecule has 4 rings (SSSR count). The molecular formula is C38H55BrN4O9. The minimum absolute atomic E-state index is 0.0539. The van der Waals surface area contributed by atoms with Gasteiger partial charge in [-0.15, -0.1) is 5.10 Å².